The molecule has 0 spiro atoms. The monoisotopic (exact) mass is 345 g/mol. The molecule has 1 aromatic carbocycles. The van der Waals surface area contributed by atoms with Gasteiger partial charge in [-0.1, -0.05) is 12.1 Å². The van der Waals surface area contributed by atoms with Crippen molar-refractivity contribution >= 4 is 11.6 Å². The van der Waals surface area contributed by atoms with E-state index >= 15 is 0 Å². The van der Waals surface area contributed by atoms with E-state index in [1.807, 2.05) is 4.90 Å². The van der Waals surface area contributed by atoms with Crippen molar-refractivity contribution in [3.05, 3.63) is 64.1 Å². The van der Waals surface area contributed by atoms with Gasteiger partial charge in [0.2, 0.25) is 0 Å². The molecule has 2 heterocycles. The van der Waals surface area contributed by atoms with Crippen LogP contribution in [0.1, 0.15) is 22.2 Å². The van der Waals surface area contributed by atoms with Gasteiger partial charge in [0.15, 0.2) is 5.76 Å². The first-order chi connectivity index (χ1) is 12.0. The molecule has 0 bridgehead atoms. The lowest BCUT2D eigenvalue weighted by Gasteiger charge is -2.35. The molecule has 0 saturated carbocycles. The zero-order valence-corrected chi connectivity index (χ0v) is 13.6. The highest BCUT2D eigenvalue weighted by molar-refractivity contribution is 5.91. The van der Waals surface area contributed by atoms with Crippen molar-refractivity contribution in [2.24, 2.45) is 0 Å². The molecule has 1 N–H and O–H groups in total. The minimum absolute atomic E-state index is 0.0367. The first kappa shape index (κ1) is 17.1. The van der Waals surface area contributed by atoms with Crippen LogP contribution in [-0.4, -0.2) is 58.5 Å². The molecule has 2 aromatic rings. The van der Waals surface area contributed by atoms with Crippen molar-refractivity contribution in [3.63, 3.8) is 0 Å². The number of hydrogen-bond acceptors (Lipinski definition) is 6. The highest BCUT2D eigenvalue weighted by Gasteiger charge is 2.25. The maximum Gasteiger partial charge on any atom is 0.289 e. The van der Waals surface area contributed by atoms with Crippen LogP contribution in [0, 0.1) is 10.1 Å². The van der Waals surface area contributed by atoms with E-state index in [0.717, 1.165) is 0 Å². The zero-order valence-electron chi connectivity index (χ0n) is 13.6. The second-order valence-corrected chi connectivity index (χ2v) is 5.94. The number of nitro groups is 1. The average Bonchev–Trinajstić information content (AvgIpc) is 3.16. The SMILES string of the molecule is O=C(c1ccco1)N1CCN(CC(O)c2cccc([N+](=O)[O-])c2)CC1. The minimum atomic E-state index is -0.813. The number of aliphatic hydroxyl groups is 1. The summed E-state index contributed by atoms with van der Waals surface area (Å²) in [6.45, 7) is 2.70. The van der Waals surface area contributed by atoms with Gasteiger partial charge in [0, 0.05) is 44.9 Å². The lowest BCUT2D eigenvalue weighted by Crippen LogP contribution is -2.49. The molecule has 1 saturated heterocycles. The van der Waals surface area contributed by atoms with Crippen LogP contribution in [-0.2, 0) is 0 Å². The molecule has 1 unspecified atom stereocenters. The molecule has 132 valence electrons. The van der Waals surface area contributed by atoms with Crippen LogP contribution >= 0.6 is 0 Å². The van der Waals surface area contributed by atoms with Crippen molar-refractivity contribution in [1.29, 1.82) is 0 Å². The Morgan fingerprint density at radius 3 is 2.64 bits per heavy atom. The van der Waals surface area contributed by atoms with Gasteiger partial charge in [-0.3, -0.25) is 19.8 Å². The second-order valence-electron chi connectivity index (χ2n) is 5.94. The van der Waals surface area contributed by atoms with Crippen molar-refractivity contribution < 1.29 is 19.2 Å². The minimum Gasteiger partial charge on any atom is -0.459 e. The van der Waals surface area contributed by atoms with Crippen molar-refractivity contribution in [2.45, 2.75) is 6.10 Å². The van der Waals surface area contributed by atoms with E-state index in [1.165, 1.54) is 18.4 Å². The summed E-state index contributed by atoms with van der Waals surface area (Å²) in [6.07, 6.45) is 0.658. The molecule has 8 nitrogen and oxygen atoms in total. The number of hydrogen-bond donors (Lipinski definition) is 1. The van der Waals surface area contributed by atoms with Crippen molar-refractivity contribution in [2.75, 3.05) is 32.7 Å². The van der Waals surface area contributed by atoms with E-state index in [1.54, 1.807) is 29.2 Å². The summed E-state index contributed by atoms with van der Waals surface area (Å²) in [5.41, 5.74) is 0.480. The van der Waals surface area contributed by atoms with Gasteiger partial charge in [-0.05, 0) is 17.7 Å². The third-order valence-electron chi connectivity index (χ3n) is 4.29. The van der Waals surface area contributed by atoms with Gasteiger partial charge in [0.25, 0.3) is 11.6 Å². The predicted octanol–water partition coefficient (Wildman–Crippen LogP) is 1.68. The number of carbonyl (C=O) groups excluding carboxylic acids is 1. The van der Waals surface area contributed by atoms with Crippen LogP contribution in [0.3, 0.4) is 0 Å². The Labute approximate surface area is 144 Å². The number of β-amino-alcohol motifs (C(OH)–C–C–N with tert-alkyl or cyclic N) is 1. The fourth-order valence-electron chi connectivity index (χ4n) is 2.89. The van der Waals surface area contributed by atoms with Crippen LogP contribution < -0.4 is 0 Å². The van der Waals surface area contributed by atoms with Crippen LogP contribution in [0.25, 0.3) is 0 Å². The number of benzene rings is 1. The summed E-state index contributed by atoms with van der Waals surface area (Å²) < 4.78 is 5.13. The Morgan fingerprint density at radius 1 is 1.24 bits per heavy atom. The van der Waals surface area contributed by atoms with E-state index in [-0.39, 0.29) is 11.6 Å². The van der Waals surface area contributed by atoms with Gasteiger partial charge in [-0.25, -0.2) is 0 Å². The van der Waals surface area contributed by atoms with Crippen LogP contribution in [0.5, 0.6) is 0 Å². The summed E-state index contributed by atoms with van der Waals surface area (Å²) in [5.74, 6) is 0.189. The Kier molecular flexibility index (Phi) is 5.11. The third-order valence-corrected chi connectivity index (χ3v) is 4.29. The summed E-state index contributed by atoms with van der Waals surface area (Å²) >= 11 is 0. The highest BCUT2D eigenvalue weighted by Crippen LogP contribution is 2.20. The molecule has 1 aliphatic rings. The number of piperazine rings is 1. The molecule has 3 rings (SSSR count). The Bertz CT molecular complexity index is 739. The first-order valence-electron chi connectivity index (χ1n) is 8.02. The summed E-state index contributed by atoms with van der Waals surface area (Å²) in [6, 6.07) is 9.35. The lowest BCUT2D eigenvalue weighted by molar-refractivity contribution is -0.385. The van der Waals surface area contributed by atoms with E-state index < -0.39 is 11.0 Å². The Hall–Kier alpha value is -2.71. The van der Waals surface area contributed by atoms with Crippen LogP contribution in [0.2, 0.25) is 0 Å². The molecule has 1 amide bonds. The number of amides is 1. The third kappa shape index (κ3) is 4.04. The smallest absolute Gasteiger partial charge is 0.289 e. The van der Waals surface area contributed by atoms with Gasteiger partial charge in [0.1, 0.15) is 0 Å². The molecular formula is C17H19N3O5. The fraction of sp³-hybridized carbons (Fsp3) is 0.353. The first-order valence-corrected chi connectivity index (χ1v) is 8.02. The van der Waals surface area contributed by atoms with E-state index in [9.17, 15) is 20.0 Å². The van der Waals surface area contributed by atoms with Gasteiger partial charge in [0.05, 0.1) is 17.3 Å². The van der Waals surface area contributed by atoms with Gasteiger partial charge < -0.3 is 14.4 Å². The number of carbonyl (C=O) groups is 1. The van der Waals surface area contributed by atoms with E-state index in [4.69, 9.17) is 4.42 Å². The predicted molar refractivity (Wildman–Crippen MR) is 89.1 cm³/mol. The molecular weight excluding hydrogens is 326 g/mol. The largest absolute Gasteiger partial charge is 0.459 e. The van der Waals surface area contributed by atoms with Crippen LogP contribution in [0.15, 0.2) is 47.1 Å². The maximum absolute atomic E-state index is 12.2. The number of aliphatic hydroxyl groups excluding tert-OH is 1. The standard InChI is InChI=1S/C17H19N3O5/c21-15(13-3-1-4-14(11-13)20(23)24)12-18-6-8-19(9-7-18)17(22)16-5-2-10-25-16/h1-5,10-11,15,21H,6-9,12H2. The van der Waals surface area contributed by atoms with E-state index in [2.05, 4.69) is 0 Å². The van der Waals surface area contributed by atoms with Gasteiger partial charge in [-0.2, -0.15) is 0 Å². The topological polar surface area (TPSA) is 100 Å². The van der Waals surface area contributed by atoms with Gasteiger partial charge >= 0.3 is 0 Å². The summed E-state index contributed by atoms with van der Waals surface area (Å²) in [7, 11) is 0. The van der Waals surface area contributed by atoms with Crippen molar-refractivity contribution in [1.82, 2.24) is 9.80 Å². The Balaban J connectivity index is 1.54. The second kappa shape index (κ2) is 7.45. The molecule has 1 aliphatic heterocycles. The zero-order chi connectivity index (χ0) is 17.8. The quantitative estimate of drug-likeness (QED) is 0.654. The number of furan rings is 1. The maximum atomic E-state index is 12.2. The van der Waals surface area contributed by atoms with Crippen molar-refractivity contribution in [3.8, 4) is 0 Å². The molecule has 0 aliphatic carbocycles. The number of nitrogens with zero attached hydrogens (tertiary/aromatic N) is 3. The molecule has 1 fully saturated rings. The molecule has 25 heavy (non-hydrogen) atoms. The lowest BCUT2D eigenvalue weighted by atomic mass is 10.1. The van der Waals surface area contributed by atoms with E-state index in [0.29, 0.717) is 44.0 Å². The number of rotatable bonds is 5. The summed E-state index contributed by atoms with van der Waals surface area (Å²) in [5, 5.41) is 21.2. The van der Waals surface area contributed by atoms with Crippen LogP contribution in [0.4, 0.5) is 5.69 Å². The normalized spacial score (nSPS) is 16.6. The molecule has 0 radical (unpaired) electrons. The Morgan fingerprint density at radius 2 is 2.00 bits per heavy atom. The summed E-state index contributed by atoms with van der Waals surface area (Å²) in [4.78, 5) is 26.3. The number of non-ortho nitro benzene ring substituents is 1. The molecule has 1 aromatic heterocycles. The highest BCUT2D eigenvalue weighted by atomic mass is 16.6. The number of nitro benzene ring substituents is 1. The average molecular weight is 345 g/mol. The fourth-order valence-corrected chi connectivity index (χ4v) is 2.89. The van der Waals surface area contributed by atoms with Gasteiger partial charge in [-0.15, -0.1) is 0 Å². The molecule has 8 heteroatoms. The molecule has 1 atom stereocenters.